The summed E-state index contributed by atoms with van der Waals surface area (Å²) in [6, 6.07) is 4.17. The van der Waals surface area contributed by atoms with Crippen LogP contribution >= 0.6 is 0 Å². The van der Waals surface area contributed by atoms with Crippen molar-refractivity contribution in [3.05, 3.63) is 34.2 Å². The SMILES string of the molecule is CC(C#N)N(C)C(=O)c1ccc(=O)[nH]c1. The highest BCUT2D eigenvalue weighted by atomic mass is 16.2. The molecule has 0 bridgehead atoms. The lowest BCUT2D eigenvalue weighted by atomic mass is 10.2. The van der Waals surface area contributed by atoms with Gasteiger partial charge in [-0.05, 0) is 13.0 Å². The molecule has 1 N–H and O–H groups in total. The van der Waals surface area contributed by atoms with Gasteiger partial charge in [-0.3, -0.25) is 9.59 Å². The first-order valence-electron chi connectivity index (χ1n) is 4.41. The summed E-state index contributed by atoms with van der Waals surface area (Å²) in [5, 5.41) is 8.64. The van der Waals surface area contributed by atoms with E-state index in [4.69, 9.17) is 5.26 Å². The van der Waals surface area contributed by atoms with Gasteiger partial charge in [-0.2, -0.15) is 5.26 Å². The predicted molar refractivity (Wildman–Crippen MR) is 54.2 cm³/mol. The second kappa shape index (κ2) is 4.42. The van der Waals surface area contributed by atoms with E-state index < -0.39 is 6.04 Å². The van der Waals surface area contributed by atoms with E-state index in [-0.39, 0.29) is 11.5 Å². The molecule has 15 heavy (non-hydrogen) atoms. The van der Waals surface area contributed by atoms with Crippen LogP contribution in [-0.2, 0) is 0 Å². The Bertz CT molecular complexity index is 438. The van der Waals surface area contributed by atoms with E-state index in [9.17, 15) is 9.59 Å². The first-order valence-corrected chi connectivity index (χ1v) is 4.41. The number of aromatic nitrogens is 1. The van der Waals surface area contributed by atoms with Crippen LogP contribution in [0.5, 0.6) is 0 Å². The van der Waals surface area contributed by atoms with Crippen molar-refractivity contribution < 1.29 is 4.79 Å². The third-order valence-electron chi connectivity index (χ3n) is 2.12. The maximum Gasteiger partial charge on any atom is 0.256 e. The molecule has 1 amide bonds. The summed E-state index contributed by atoms with van der Waals surface area (Å²) in [7, 11) is 1.54. The summed E-state index contributed by atoms with van der Waals surface area (Å²) in [4.78, 5) is 26.2. The van der Waals surface area contributed by atoms with Gasteiger partial charge in [-0.1, -0.05) is 0 Å². The van der Waals surface area contributed by atoms with Crippen LogP contribution in [0.3, 0.4) is 0 Å². The van der Waals surface area contributed by atoms with Crippen LogP contribution in [0.4, 0.5) is 0 Å². The molecular formula is C10H11N3O2. The highest BCUT2D eigenvalue weighted by molar-refractivity contribution is 5.94. The quantitative estimate of drug-likeness (QED) is 0.757. The van der Waals surface area contributed by atoms with Gasteiger partial charge in [0.2, 0.25) is 5.56 Å². The normalized spacial score (nSPS) is 11.5. The van der Waals surface area contributed by atoms with Crippen molar-refractivity contribution in [2.24, 2.45) is 0 Å². The average Bonchev–Trinajstić information content (AvgIpc) is 2.27. The third kappa shape index (κ3) is 2.44. The van der Waals surface area contributed by atoms with Gasteiger partial charge < -0.3 is 9.88 Å². The summed E-state index contributed by atoms with van der Waals surface area (Å²) in [6.07, 6.45) is 1.34. The van der Waals surface area contributed by atoms with Gasteiger partial charge in [0.1, 0.15) is 6.04 Å². The number of carbonyl (C=O) groups excluding carboxylic acids is 1. The summed E-state index contributed by atoms with van der Waals surface area (Å²) in [5.74, 6) is -0.291. The van der Waals surface area contributed by atoms with Gasteiger partial charge in [0, 0.05) is 19.3 Å². The van der Waals surface area contributed by atoms with E-state index in [1.165, 1.54) is 23.2 Å². The van der Waals surface area contributed by atoms with Crippen LogP contribution < -0.4 is 5.56 Å². The molecule has 1 unspecified atom stereocenters. The van der Waals surface area contributed by atoms with Gasteiger partial charge >= 0.3 is 0 Å². The number of rotatable bonds is 2. The van der Waals surface area contributed by atoms with Crippen LogP contribution in [0.15, 0.2) is 23.1 Å². The lowest BCUT2D eigenvalue weighted by Crippen LogP contribution is -2.34. The number of aromatic amines is 1. The standard InChI is InChI=1S/C10H11N3O2/c1-7(5-11)13(2)10(15)8-3-4-9(14)12-6-8/h3-4,6-7H,1-2H3,(H,12,14). The van der Waals surface area contributed by atoms with Crippen molar-refractivity contribution >= 4 is 5.91 Å². The van der Waals surface area contributed by atoms with Crippen molar-refractivity contribution in [3.63, 3.8) is 0 Å². The van der Waals surface area contributed by atoms with Gasteiger partial charge in [-0.15, -0.1) is 0 Å². The predicted octanol–water partition coefficient (Wildman–Crippen LogP) is 0.359. The smallest absolute Gasteiger partial charge is 0.256 e. The Morgan fingerprint density at radius 2 is 2.27 bits per heavy atom. The maximum atomic E-state index is 11.7. The fourth-order valence-electron chi connectivity index (χ4n) is 1.01. The number of nitrogens with zero attached hydrogens (tertiary/aromatic N) is 2. The first kappa shape index (κ1) is 11.0. The van der Waals surface area contributed by atoms with Gasteiger partial charge in [0.25, 0.3) is 5.91 Å². The zero-order chi connectivity index (χ0) is 11.4. The van der Waals surface area contributed by atoms with Crippen molar-refractivity contribution in [1.82, 2.24) is 9.88 Å². The number of hydrogen-bond donors (Lipinski definition) is 1. The molecule has 5 heteroatoms. The van der Waals surface area contributed by atoms with Crippen LogP contribution in [-0.4, -0.2) is 28.9 Å². The molecular weight excluding hydrogens is 194 g/mol. The zero-order valence-corrected chi connectivity index (χ0v) is 8.52. The Hall–Kier alpha value is -2.09. The monoisotopic (exact) mass is 205 g/mol. The minimum Gasteiger partial charge on any atom is -0.328 e. The van der Waals surface area contributed by atoms with Crippen LogP contribution in [0.1, 0.15) is 17.3 Å². The lowest BCUT2D eigenvalue weighted by Gasteiger charge is -2.18. The molecule has 0 saturated heterocycles. The third-order valence-corrected chi connectivity index (χ3v) is 2.12. The molecule has 1 heterocycles. The van der Waals surface area contributed by atoms with Crippen LogP contribution in [0.2, 0.25) is 0 Å². The largest absolute Gasteiger partial charge is 0.328 e. The molecule has 1 atom stereocenters. The minimum absolute atomic E-state index is 0.262. The second-order valence-electron chi connectivity index (χ2n) is 3.16. The zero-order valence-electron chi connectivity index (χ0n) is 8.52. The van der Waals surface area contributed by atoms with E-state index in [1.54, 1.807) is 14.0 Å². The molecule has 1 aromatic heterocycles. The molecule has 5 nitrogen and oxygen atoms in total. The molecule has 0 aromatic carbocycles. The number of hydrogen-bond acceptors (Lipinski definition) is 3. The fourth-order valence-corrected chi connectivity index (χ4v) is 1.01. The first-order chi connectivity index (χ1) is 7.06. The Balaban J connectivity index is 2.91. The summed E-state index contributed by atoms with van der Waals surface area (Å²) in [5.41, 5.74) is 0.0988. The Kier molecular flexibility index (Phi) is 3.24. The van der Waals surface area contributed by atoms with Crippen LogP contribution in [0, 0.1) is 11.3 Å². The number of nitrogens with one attached hydrogen (secondary N) is 1. The summed E-state index contributed by atoms with van der Waals surface area (Å²) < 4.78 is 0. The Morgan fingerprint density at radius 1 is 1.60 bits per heavy atom. The highest BCUT2D eigenvalue weighted by Crippen LogP contribution is 2.03. The number of amides is 1. The van der Waals surface area contributed by atoms with Crippen LogP contribution in [0.25, 0.3) is 0 Å². The number of nitriles is 1. The molecule has 0 aliphatic heterocycles. The van der Waals surface area contributed by atoms with Gasteiger partial charge in [0.15, 0.2) is 0 Å². The molecule has 1 rings (SSSR count). The second-order valence-corrected chi connectivity index (χ2v) is 3.16. The van der Waals surface area contributed by atoms with E-state index >= 15 is 0 Å². The van der Waals surface area contributed by atoms with Crippen molar-refractivity contribution in [2.45, 2.75) is 13.0 Å². The van der Waals surface area contributed by atoms with E-state index in [2.05, 4.69) is 4.98 Å². The Labute approximate surface area is 87.0 Å². The molecule has 1 aromatic rings. The molecule has 0 spiro atoms. The van der Waals surface area contributed by atoms with E-state index in [0.29, 0.717) is 5.56 Å². The molecule has 78 valence electrons. The fraction of sp³-hybridized carbons (Fsp3) is 0.300. The number of carbonyl (C=O) groups is 1. The molecule has 0 aliphatic carbocycles. The summed E-state index contributed by atoms with van der Waals surface area (Å²) in [6.45, 7) is 1.63. The average molecular weight is 205 g/mol. The van der Waals surface area contributed by atoms with Crippen molar-refractivity contribution in [2.75, 3.05) is 7.05 Å². The number of pyridine rings is 1. The van der Waals surface area contributed by atoms with E-state index in [1.807, 2.05) is 6.07 Å². The lowest BCUT2D eigenvalue weighted by molar-refractivity contribution is 0.0772. The highest BCUT2D eigenvalue weighted by Gasteiger charge is 2.16. The topological polar surface area (TPSA) is 77.0 Å². The van der Waals surface area contributed by atoms with Crippen molar-refractivity contribution in [3.8, 4) is 6.07 Å². The molecule has 0 fully saturated rings. The Morgan fingerprint density at radius 3 is 2.73 bits per heavy atom. The van der Waals surface area contributed by atoms with E-state index in [0.717, 1.165) is 0 Å². The minimum atomic E-state index is -0.496. The van der Waals surface area contributed by atoms with Gasteiger partial charge in [0.05, 0.1) is 11.6 Å². The summed E-state index contributed by atoms with van der Waals surface area (Å²) >= 11 is 0. The van der Waals surface area contributed by atoms with Gasteiger partial charge in [-0.25, -0.2) is 0 Å². The molecule has 0 saturated carbocycles. The van der Waals surface area contributed by atoms with Crippen molar-refractivity contribution in [1.29, 1.82) is 5.26 Å². The molecule has 0 aliphatic rings. The molecule has 0 radical (unpaired) electrons. The maximum absolute atomic E-state index is 11.7. The number of H-pyrrole nitrogens is 1.